The minimum Gasteiger partial charge on any atom is -0.459 e. The van der Waals surface area contributed by atoms with Gasteiger partial charge in [0, 0.05) is 19.0 Å². The van der Waals surface area contributed by atoms with Crippen molar-refractivity contribution >= 4 is 47.6 Å². The Bertz CT molecular complexity index is 2240. The molecule has 0 spiro atoms. The van der Waals surface area contributed by atoms with Crippen molar-refractivity contribution in [2.45, 2.75) is 123 Å². The Balaban J connectivity index is 1.49. The van der Waals surface area contributed by atoms with Crippen LogP contribution >= 0.6 is 0 Å². The normalized spacial score (nSPS) is 14.7. The number of hydrogen-bond acceptors (Lipinski definition) is 10. The number of carbonyl (C=O) groups excluding carboxylic acids is 6. The van der Waals surface area contributed by atoms with Gasteiger partial charge in [0.05, 0.1) is 0 Å². The summed E-state index contributed by atoms with van der Waals surface area (Å²) < 4.78 is 11.4. The van der Waals surface area contributed by atoms with Crippen molar-refractivity contribution < 1.29 is 38.2 Å². The van der Waals surface area contributed by atoms with Crippen LogP contribution in [0.15, 0.2) is 88.8 Å². The third-order valence-electron chi connectivity index (χ3n) is 12.5. The van der Waals surface area contributed by atoms with Crippen LogP contribution in [-0.4, -0.2) is 97.5 Å². The number of amides is 5. The standard InChI is InChI=1S/C51H73N11O8/c1-7-31(5)42(61-45(64)40(25-17-27-57-50(54)55)59-51(68)70-29-38-36-22-14-12-20-34(36)35-21-13-15-23-37(35)38)47(66)60-41(30(3)4)46(65)58-39(24-16-26-56-49(52)53)44(63)62-43(32(6)8-2)48(67)69-28-33-18-10-9-11-19-33/h9-15,18-23,30-32,38-43H,7-8,16-17,24-29H2,1-6H3,(H,58,65)(H,59,68)(H,60,66)(H,61,64)(H,62,63)(H4,52,53,56)(H4,54,55,57)/t31-,32-,39-,40-,41-,42-,43-/m0/s1. The SMILES string of the molecule is CC[C@H](C)[C@H](NC(=O)[C@H](CCCN=C(N)N)NC(=O)OCC1c2ccccc2-c2ccccc21)C(=O)N[C@H](C(=O)N[C@@H](CCCN=C(N)N)C(=O)N[C@H](C(=O)OCc1ccccc1)[C@@H](C)CC)C(C)C. The van der Waals surface area contributed by atoms with Gasteiger partial charge >= 0.3 is 12.1 Å². The lowest BCUT2D eigenvalue weighted by molar-refractivity contribution is -0.151. The van der Waals surface area contributed by atoms with Crippen LogP contribution in [0.2, 0.25) is 0 Å². The minimum atomic E-state index is -1.18. The molecule has 0 aromatic heterocycles. The van der Waals surface area contributed by atoms with E-state index in [1.807, 2.05) is 99.6 Å². The third-order valence-corrected chi connectivity index (χ3v) is 12.5. The Morgan fingerprint density at radius 3 is 1.53 bits per heavy atom. The summed E-state index contributed by atoms with van der Waals surface area (Å²) in [4.78, 5) is 91.6. The number of carbonyl (C=O) groups is 6. The lowest BCUT2D eigenvalue weighted by Gasteiger charge is -2.30. The fraction of sp³-hybridized carbons (Fsp3) is 0.490. The number of rotatable bonds is 27. The van der Waals surface area contributed by atoms with Crippen LogP contribution in [0.5, 0.6) is 0 Å². The Morgan fingerprint density at radius 1 is 0.557 bits per heavy atom. The molecule has 19 heteroatoms. The number of ether oxygens (including phenoxy) is 2. The van der Waals surface area contributed by atoms with Gasteiger partial charge in [-0.2, -0.15) is 0 Å². The molecule has 0 saturated heterocycles. The first kappa shape index (κ1) is 55.4. The number of aliphatic imine (C=N–C) groups is 2. The van der Waals surface area contributed by atoms with Crippen LogP contribution in [0.1, 0.15) is 103 Å². The summed E-state index contributed by atoms with van der Waals surface area (Å²) in [5.41, 5.74) is 27.1. The molecule has 1 aliphatic carbocycles. The highest BCUT2D eigenvalue weighted by atomic mass is 16.5. The van der Waals surface area contributed by atoms with Crippen molar-refractivity contribution in [2.24, 2.45) is 50.7 Å². The number of guanidine groups is 2. The third kappa shape index (κ3) is 16.5. The van der Waals surface area contributed by atoms with Gasteiger partial charge in [0.25, 0.3) is 0 Å². The summed E-state index contributed by atoms with van der Waals surface area (Å²) >= 11 is 0. The molecule has 380 valence electrons. The van der Waals surface area contributed by atoms with Gasteiger partial charge < -0.3 is 59.0 Å². The van der Waals surface area contributed by atoms with Crippen LogP contribution in [0.25, 0.3) is 11.1 Å². The first-order chi connectivity index (χ1) is 33.4. The maximum atomic E-state index is 14.3. The van der Waals surface area contributed by atoms with E-state index in [9.17, 15) is 28.8 Å². The van der Waals surface area contributed by atoms with E-state index in [0.29, 0.717) is 19.3 Å². The van der Waals surface area contributed by atoms with E-state index in [0.717, 1.165) is 27.8 Å². The van der Waals surface area contributed by atoms with Gasteiger partial charge in [-0.3, -0.25) is 29.2 Å². The van der Waals surface area contributed by atoms with Crippen molar-refractivity contribution in [2.75, 3.05) is 19.7 Å². The minimum absolute atomic E-state index is 0.00415. The Hall–Kier alpha value is -7.18. The maximum Gasteiger partial charge on any atom is 0.407 e. The number of alkyl carbamates (subject to hydrolysis) is 1. The van der Waals surface area contributed by atoms with E-state index in [2.05, 4.69) is 36.6 Å². The highest BCUT2D eigenvalue weighted by Crippen LogP contribution is 2.44. The fourth-order valence-electron chi connectivity index (χ4n) is 8.06. The van der Waals surface area contributed by atoms with Gasteiger partial charge in [0.1, 0.15) is 43.4 Å². The maximum absolute atomic E-state index is 14.3. The number of benzene rings is 3. The quantitative estimate of drug-likeness (QED) is 0.0230. The number of fused-ring (bicyclic) bond motifs is 3. The van der Waals surface area contributed by atoms with Crippen LogP contribution in [-0.2, 0) is 40.1 Å². The second kappa shape index (κ2) is 27.7. The molecule has 1 aliphatic rings. The highest BCUT2D eigenvalue weighted by molar-refractivity contribution is 5.96. The Kier molecular flexibility index (Phi) is 21.9. The molecule has 0 aliphatic heterocycles. The van der Waals surface area contributed by atoms with Gasteiger partial charge in [-0.05, 0) is 71.3 Å². The summed E-state index contributed by atoms with van der Waals surface area (Å²) in [6.45, 7) is 11.1. The monoisotopic (exact) mass is 968 g/mol. The number of nitrogens with two attached hydrogens (primary N) is 4. The zero-order valence-corrected chi connectivity index (χ0v) is 41.2. The summed E-state index contributed by atoms with van der Waals surface area (Å²) in [6.07, 6.45) is 0.896. The number of nitrogens with one attached hydrogen (secondary N) is 5. The second-order valence-electron chi connectivity index (χ2n) is 18.0. The highest BCUT2D eigenvalue weighted by Gasteiger charge is 2.37. The summed E-state index contributed by atoms with van der Waals surface area (Å²) in [5, 5.41) is 13.9. The first-order valence-corrected chi connectivity index (χ1v) is 24.1. The average Bonchev–Trinajstić information content (AvgIpc) is 3.66. The zero-order chi connectivity index (χ0) is 51.3. The van der Waals surface area contributed by atoms with Gasteiger partial charge in [0.2, 0.25) is 23.6 Å². The number of nitrogens with zero attached hydrogens (tertiary/aromatic N) is 2. The molecule has 4 rings (SSSR count). The molecule has 5 amide bonds. The molecule has 0 unspecified atom stereocenters. The van der Waals surface area contributed by atoms with Crippen LogP contribution in [0.3, 0.4) is 0 Å². The van der Waals surface area contributed by atoms with Gasteiger partial charge in [-0.1, -0.05) is 133 Å². The summed E-state index contributed by atoms with van der Waals surface area (Å²) in [7, 11) is 0. The number of esters is 1. The molecule has 0 bridgehead atoms. The first-order valence-electron chi connectivity index (χ1n) is 24.1. The predicted octanol–water partition coefficient (Wildman–Crippen LogP) is 3.43. The van der Waals surface area contributed by atoms with Crippen molar-refractivity contribution in [3.8, 4) is 11.1 Å². The molecule has 19 nitrogen and oxygen atoms in total. The van der Waals surface area contributed by atoms with E-state index in [1.165, 1.54) is 0 Å². The molecule has 0 heterocycles. The molecule has 3 aromatic carbocycles. The molecule has 70 heavy (non-hydrogen) atoms. The van der Waals surface area contributed by atoms with Crippen molar-refractivity contribution in [3.05, 3.63) is 95.6 Å². The van der Waals surface area contributed by atoms with E-state index < -0.39 is 77.7 Å². The molecular formula is C51H73N11O8. The average molecular weight is 968 g/mol. The predicted molar refractivity (Wildman–Crippen MR) is 270 cm³/mol. The van der Waals surface area contributed by atoms with Crippen LogP contribution in [0.4, 0.5) is 4.79 Å². The smallest absolute Gasteiger partial charge is 0.407 e. The van der Waals surface area contributed by atoms with Crippen molar-refractivity contribution in [3.63, 3.8) is 0 Å². The Morgan fingerprint density at radius 2 is 1.01 bits per heavy atom. The molecular weight excluding hydrogens is 895 g/mol. The topological polar surface area (TPSA) is 310 Å². The number of hydrogen-bond donors (Lipinski definition) is 9. The molecule has 13 N–H and O–H groups in total. The molecule has 0 radical (unpaired) electrons. The van der Waals surface area contributed by atoms with E-state index in [-0.39, 0.29) is 69.3 Å². The second-order valence-corrected chi connectivity index (χ2v) is 18.0. The lowest BCUT2D eigenvalue weighted by atomic mass is 9.95. The lowest BCUT2D eigenvalue weighted by Crippen LogP contribution is -2.61. The largest absolute Gasteiger partial charge is 0.459 e. The van der Waals surface area contributed by atoms with Gasteiger partial charge in [-0.15, -0.1) is 0 Å². The summed E-state index contributed by atoms with van der Waals surface area (Å²) in [6, 6.07) is 19.2. The van der Waals surface area contributed by atoms with Crippen molar-refractivity contribution in [1.29, 1.82) is 0 Å². The van der Waals surface area contributed by atoms with Gasteiger partial charge in [-0.25, -0.2) is 9.59 Å². The molecule has 0 fully saturated rings. The molecule has 0 saturated carbocycles. The van der Waals surface area contributed by atoms with E-state index in [4.69, 9.17) is 32.4 Å². The van der Waals surface area contributed by atoms with Crippen molar-refractivity contribution in [1.82, 2.24) is 26.6 Å². The van der Waals surface area contributed by atoms with Crippen LogP contribution in [0, 0.1) is 17.8 Å². The summed E-state index contributed by atoms with van der Waals surface area (Å²) in [5.74, 6) is -5.04. The Labute approximate surface area is 411 Å². The fourth-order valence-corrected chi connectivity index (χ4v) is 8.06. The van der Waals surface area contributed by atoms with Crippen LogP contribution < -0.4 is 49.5 Å². The molecule has 7 atom stereocenters. The molecule has 3 aromatic rings. The van der Waals surface area contributed by atoms with E-state index in [1.54, 1.807) is 20.8 Å². The van der Waals surface area contributed by atoms with E-state index >= 15 is 0 Å². The van der Waals surface area contributed by atoms with Gasteiger partial charge in [0.15, 0.2) is 11.9 Å². The zero-order valence-electron chi connectivity index (χ0n) is 41.2.